The van der Waals surface area contributed by atoms with Gasteiger partial charge in [0.05, 0.1) is 0 Å². The Labute approximate surface area is 89.2 Å². The van der Waals surface area contributed by atoms with E-state index in [0.29, 0.717) is 16.9 Å². The first-order valence-corrected chi connectivity index (χ1v) is 5.59. The maximum Gasteiger partial charge on any atom is 0.0192 e. The average molecular weight is 203 g/mol. The molecule has 1 N–H and O–H groups in total. The van der Waals surface area contributed by atoms with E-state index in [9.17, 15) is 0 Å². The van der Waals surface area contributed by atoms with Crippen LogP contribution in [-0.4, -0.2) is 6.04 Å². The molecule has 1 nitrogen and oxygen atoms in total. The van der Waals surface area contributed by atoms with Gasteiger partial charge in [0.2, 0.25) is 0 Å². The second kappa shape index (κ2) is 4.70. The van der Waals surface area contributed by atoms with Crippen molar-refractivity contribution < 1.29 is 0 Å². The molecule has 0 aromatic heterocycles. The van der Waals surface area contributed by atoms with Gasteiger partial charge in [-0.05, 0) is 24.2 Å². The quantitative estimate of drug-likeness (QED) is 0.650. The SMILES string of the molecule is CCC(C)(C)CC(C)(C)C(C)NS. The maximum atomic E-state index is 4.14. The van der Waals surface area contributed by atoms with Crippen molar-refractivity contribution >= 4 is 12.8 Å². The molecule has 1 unspecified atom stereocenters. The van der Waals surface area contributed by atoms with Gasteiger partial charge < -0.3 is 0 Å². The molecule has 0 saturated heterocycles. The Balaban J connectivity index is 4.32. The van der Waals surface area contributed by atoms with Gasteiger partial charge in [0, 0.05) is 6.04 Å². The summed E-state index contributed by atoms with van der Waals surface area (Å²) < 4.78 is 3.05. The third kappa shape index (κ3) is 4.37. The van der Waals surface area contributed by atoms with E-state index in [-0.39, 0.29) is 0 Å². The Morgan fingerprint density at radius 3 is 2.00 bits per heavy atom. The Kier molecular flexibility index (Phi) is 4.81. The van der Waals surface area contributed by atoms with Crippen molar-refractivity contribution in [2.24, 2.45) is 10.8 Å². The molecule has 0 amide bonds. The van der Waals surface area contributed by atoms with E-state index in [2.05, 4.69) is 59.1 Å². The van der Waals surface area contributed by atoms with Crippen molar-refractivity contribution in [2.75, 3.05) is 0 Å². The van der Waals surface area contributed by atoms with Crippen LogP contribution >= 0.6 is 12.8 Å². The second-order valence-corrected chi connectivity index (χ2v) is 5.79. The van der Waals surface area contributed by atoms with Crippen LogP contribution in [0.2, 0.25) is 0 Å². The van der Waals surface area contributed by atoms with Gasteiger partial charge in [-0.25, -0.2) is 0 Å². The van der Waals surface area contributed by atoms with Crippen LogP contribution in [0.4, 0.5) is 0 Å². The van der Waals surface area contributed by atoms with Crippen LogP contribution in [0.15, 0.2) is 0 Å². The number of nitrogens with one attached hydrogen (secondary N) is 1. The second-order valence-electron chi connectivity index (χ2n) is 5.53. The van der Waals surface area contributed by atoms with Gasteiger partial charge in [0.15, 0.2) is 0 Å². The third-order valence-corrected chi connectivity index (χ3v) is 3.64. The zero-order valence-electron chi connectivity index (χ0n) is 9.94. The molecule has 0 aliphatic rings. The minimum Gasteiger partial charge on any atom is -0.263 e. The lowest BCUT2D eigenvalue weighted by Gasteiger charge is -2.38. The summed E-state index contributed by atoms with van der Waals surface area (Å²) in [5.74, 6) is 0. The van der Waals surface area contributed by atoms with E-state index < -0.39 is 0 Å². The van der Waals surface area contributed by atoms with Crippen molar-refractivity contribution in [1.29, 1.82) is 0 Å². The number of hydrogen-bond donors (Lipinski definition) is 2. The van der Waals surface area contributed by atoms with Gasteiger partial charge in [0.1, 0.15) is 0 Å². The lowest BCUT2D eigenvalue weighted by molar-refractivity contribution is 0.158. The first kappa shape index (κ1) is 13.3. The summed E-state index contributed by atoms with van der Waals surface area (Å²) in [5, 5.41) is 0. The zero-order chi connectivity index (χ0) is 10.7. The average Bonchev–Trinajstić information content (AvgIpc) is 2.01. The van der Waals surface area contributed by atoms with Gasteiger partial charge >= 0.3 is 0 Å². The molecule has 2 heteroatoms. The number of hydrogen-bond acceptors (Lipinski definition) is 2. The molecule has 0 fully saturated rings. The van der Waals surface area contributed by atoms with Crippen LogP contribution in [-0.2, 0) is 0 Å². The fraction of sp³-hybridized carbons (Fsp3) is 1.00. The topological polar surface area (TPSA) is 12.0 Å². The van der Waals surface area contributed by atoms with Crippen molar-refractivity contribution in [3.05, 3.63) is 0 Å². The zero-order valence-corrected chi connectivity index (χ0v) is 10.8. The monoisotopic (exact) mass is 203 g/mol. The van der Waals surface area contributed by atoms with Gasteiger partial charge in [-0.2, -0.15) is 0 Å². The van der Waals surface area contributed by atoms with Crippen molar-refractivity contribution in [3.63, 3.8) is 0 Å². The highest BCUT2D eigenvalue weighted by Gasteiger charge is 2.31. The molecule has 13 heavy (non-hydrogen) atoms. The standard InChI is InChI=1S/C11H25NS/c1-7-10(3,4)8-11(5,6)9(2)12-13/h9,12-13H,7-8H2,1-6H3. The van der Waals surface area contributed by atoms with Crippen LogP contribution in [0.1, 0.15) is 54.4 Å². The normalized spacial score (nSPS) is 15.9. The minimum atomic E-state index is 0.307. The third-order valence-electron chi connectivity index (χ3n) is 3.26. The van der Waals surface area contributed by atoms with Crippen LogP contribution in [0.5, 0.6) is 0 Å². The largest absolute Gasteiger partial charge is 0.263 e. The summed E-state index contributed by atoms with van der Waals surface area (Å²) in [6.45, 7) is 13.7. The molecule has 1 atom stereocenters. The van der Waals surface area contributed by atoms with Crippen LogP contribution in [0.3, 0.4) is 0 Å². The van der Waals surface area contributed by atoms with E-state index in [4.69, 9.17) is 0 Å². The Morgan fingerprint density at radius 1 is 1.23 bits per heavy atom. The van der Waals surface area contributed by atoms with Crippen molar-refractivity contribution in [2.45, 2.75) is 60.4 Å². The van der Waals surface area contributed by atoms with Crippen LogP contribution < -0.4 is 4.72 Å². The molecule has 80 valence electrons. The smallest absolute Gasteiger partial charge is 0.0192 e. The number of thiol groups is 1. The highest BCUT2D eigenvalue weighted by atomic mass is 32.1. The molecule has 0 bridgehead atoms. The fourth-order valence-electron chi connectivity index (χ4n) is 1.69. The van der Waals surface area contributed by atoms with Crippen molar-refractivity contribution in [3.8, 4) is 0 Å². The van der Waals surface area contributed by atoms with Gasteiger partial charge in [-0.3, -0.25) is 4.72 Å². The molecule has 0 saturated carbocycles. The van der Waals surface area contributed by atoms with E-state index in [0.717, 1.165) is 0 Å². The molecule has 0 aromatic rings. The fourth-order valence-corrected chi connectivity index (χ4v) is 2.04. The van der Waals surface area contributed by atoms with E-state index >= 15 is 0 Å². The first-order valence-electron chi connectivity index (χ1n) is 5.15. The van der Waals surface area contributed by atoms with E-state index in [1.54, 1.807) is 0 Å². The van der Waals surface area contributed by atoms with E-state index in [1.807, 2.05) is 0 Å². The molecule has 0 aromatic carbocycles. The molecule has 0 radical (unpaired) electrons. The highest BCUT2D eigenvalue weighted by Crippen LogP contribution is 2.38. The van der Waals surface area contributed by atoms with Gasteiger partial charge in [-0.1, -0.05) is 53.9 Å². The Morgan fingerprint density at radius 2 is 1.69 bits per heavy atom. The van der Waals surface area contributed by atoms with Crippen LogP contribution in [0.25, 0.3) is 0 Å². The lowest BCUT2D eigenvalue weighted by atomic mass is 9.71. The molecule has 0 spiro atoms. The summed E-state index contributed by atoms with van der Waals surface area (Å²) in [6, 6.07) is 0.446. The van der Waals surface area contributed by atoms with Crippen LogP contribution in [0, 0.1) is 10.8 Å². The molecule has 0 aliphatic heterocycles. The summed E-state index contributed by atoms with van der Waals surface area (Å²) in [4.78, 5) is 0. The molecule has 0 aliphatic carbocycles. The molecular weight excluding hydrogens is 178 g/mol. The highest BCUT2D eigenvalue weighted by molar-refractivity contribution is 7.78. The van der Waals surface area contributed by atoms with E-state index in [1.165, 1.54) is 12.8 Å². The summed E-state index contributed by atoms with van der Waals surface area (Å²) in [7, 11) is 0. The van der Waals surface area contributed by atoms with Gasteiger partial charge in [0.25, 0.3) is 0 Å². The molecule has 0 heterocycles. The molecular formula is C11H25NS. The Hall–Kier alpha value is 0.310. The predicted octanol–water partition coefficient (Wildman–Crippen LogP) is 3.66. The molecule has 0 rings (SSSR count). The first-order chi connectivity index (χ1) is 5.75. The van der Waals surface area contributed by atoms with Crippen molar-refractivity contribution in [1.82, 2.24) is 4.72 Å². The summed E-state index contributed by atoms with van der Waals surface area (Å²) >= 11 is 4.14. The Bertz CT molecular complexity index is 152. The van der Waals surface area contributed by atoms with Gasteiger partial charge in [-0.15, -0.1) is 0 Å². The summed E-state index contributed by atoms with van der Waals surface area (Å²) in [6.07, 6.45) is 2.46. The maximum absolute atomic E-state index is 4.14. The lowest BCUT2D eigenvalue weighted by Crippen LogP contribution is -2.38. The number of rotatable bonds is 5. The minimum absolute atomic E-state index is 0.307. The predicted molar refractivity (Wildman–Crippen MR) is 64.1 cm³/mol. The summed E-state index contributed by atoms with van der Waals surface area (Å²) in [5.41, 5.74) is 0.740.